The van der Waals surface area contributed by atoms with Gasteiger partial charge in [0.2, 0.25) is 0 Å². The molecular weight excluding hydrogens is 438 g/mol. The van der Waals surface area contributed by atoms with Crippen molar-refractivity contribution in [2.24, 2.45) is 5.10 Å². The number of pyridine rings is 1. The van der Waals surface area contributed by atoms with Crippen molar-refractivity contribution in [3.8, 4) is 11.4 Å². The minimum Gasteiger partial charge on any atom is -0.481 e. The van der Waals surface area contributed by atoms with E-state index in [1.54, 1.807) is 18.5 Å². The van der Waals surface area contributed by atoms with Crippen LogP contribution in [0.3, 0.4) is 0 Å². The first-order chi connectivity index (χ1) is 17.0. The largest absolute Gasteiger partial charge is 0.481 e. The number of amides is 1. The topological polar surface area (TPSA) is 71.8 Å². The fourth-order valence-corrected chi connectivity index (χ4v) is 4.26. The smallest absolute Gasteiger partial charge is 0.277 e. The van der Waals surface area contributed by atoms with E-state index in [9.17, 15) is 4.79 Å². The molecule has 0 bridgehead atoms. The van der Waals surface area contributed by atoms with Crippen molar-refractivity contribution in [1.29, 1.82) is 0 Å². The minimum atomic E-state index is -0.338. The number of carbonyl (C=O) groups is 1. The van der Waals surface area contributed by atoms with E-state index in [0.29, 0.717) is 5.75 Å². The van der Waals surface area contributed by atoms with Crippen LogP contribution in [-0.2, 0) is 4.79 Å². The van der Waals surface area contributed by atoms with Crippen molar-refractivity contribution >= 4 is 28.7 Å². The van der Waals surface area contributed by atoms with Crippen molar-refractivity contribution in [1.82, 2.24) is 15.0 Å². The zero-order valence-electron chi connectivity index (χ0n) is 20.7. The maximum Gasteiger partial charge on any atom is 0.277 e. The number of para-hydroxylation sites is 1. The van der Waals surface area contributed by atoms with Gasteiger partial charge in [-0.3, -0.25) is 9.78 Å². The molecule has 0 aliphatic heterocycles. The van der Waals surface area contributed by atoms with Gasteiger partial charge in [-0.05, 0) is 70.2 Å². The van der Waals surface area contributed by atoms with Gasteiger partial charge in [-0.25, -0.2) is 5.43 Å². The highest BCUT2D eigenvalue weighted by atomic mass is 16.5. The standard InChI is InChI=1S/C28H31N5O2/c1-5-32(6-2)24-12-14-25(15-13-24)33-20(3)17-23(21(33)4)18-30-31-27(34)19-35-26-11-7-9-22-10-8-16-29-28(22)26/h7-18H,5-6,19H2,1-4H3,(H,31,34)/b30-18+. The van der Waals surface area contributed by atoms with Gasteiger partial charge in [0.1, 0.15) is 11.3 Å². The van der Waals surface area contributed by atoms with Crippen LogP contribution >= 0.6 is 0 Å². The number of ether oxygens (including phenoxy) is 1. The number of carbonyl (C=O) groups excluding carboxylic acids is 1. The first-order valence-electron chi connectivity index (χ1n) is 11.8. The van der Waals surface area contributed by atoms with E-state index < -0.39 is 0 Å². The molecule has 180 valence electrons. The van der Waals surface area contributed by atoms with Crippen LogP contribution < -0.4 is 15.1 Å². The Balaban J connectivity index is 1.40. The van der Waals surface area contributed by atoms with Crippen LogP contribution in [-0.4, -0.2) is 41.4 Å². The van der Waals surface area contributed by atoms with Crippen molar-refractivity contribution < 1.29 is 9.53 Å². The average molecular weight is 470 g/mol. The highest BCUT2D eigenvalue weighted by molar-refractivity contribution is 5.86. The molecule has 0 aliphatic rings. The highest BCUT2D eigenvalue weighted by Gasteiger charge is 2.11. The molecule has 1 N–H and O–H groups in total. The van der Waals surface area contributed by atoms with Crippen LogP contribution in [0.5, 0.6) is 5.75 Å². The van der Waals surface area contributed by atoms with Gasteiger partial charge in [0, 0.05) is 53.0 Å². The van der Waals surface area contributed by atoms with Gasteiger partial charge in [-0.15, -0.1) is 0 Å². The van der Waals surface area contributed by atoms with E-state index in [1.807, 2.05) is 31.2 Å². The van der Waals surface area contributed by atoms with E-state index in [2.05, 4.69) is 76.1 Å². The second-order valence-electron chi connectivity index (χ2n) is 8.26. The summed E-state index contributed by atoms with van der Waals surface area (Å²) in [6.07, 6.45) is 3.37. The van der Waals surface area contributed by atoms with Crippen LogP contribution in [0.1, 0.15) is 30.8 Å². The summed E-state index contributed by atoms with van der Waals surface area (Å²) in [5.41, 5.74) is 8.67. The first-order valence-corrected chi connectivity index (χ1v) is 11.8. The molecule has 0 unspecified atom stereocenters. The monoisotopic (exact) mass is 469 g/mol. The molecule has 0 fully saturated rings. The van der Waals surface area contributed by atoms with E-state index in [1.165, 1.54) is 5.69 Å². The number of fused-ring (bicyclic) bond motifs is 1. The van der Waals surface area contributed by atoms with Crippen molar-refractivity contribution in [3.63, 3.8) is 0 Å². The average Bonchev–Trinajstić information content (AvgIpc) is 3.16. The third kappa shape index (κ3) is 5.35. The minimum absolute atomic E-state index is 0.148. The molecule has 0 radical (unpaired) electrons. The summed E-state index contributed by atoms with van der Waals surface area (Å²) in [7, 11) is 0. The molecule has 0 saturated heterocycles. The molecule has 7 heteroatoms. The maximum absolute atomic E-state index is 12.3. The number of nitrogens with zero attached hydrogens (tertiary/aromatic N) is 4. The van der Waals surface area contributed by atoms with E-state index in [4.69, 9.17) is 4.74 Å². The molecule has 0 saturated carbocycles. The SMILES string of the molecule is CCN(CC)c1ccc(-n2c(C)cc(/C=N/NC(=O)COc3cccc4cccnc34)c2C)cc1. The predicted octanol–water partition coefficient (Wildman–Crippen LogP) is 5.02. The Kier molecular flexibility index (Phi) is 7.45. The summed E-state index contributed by atoms with van der Waals surface area (Å²) < 4.78 is 7.86. The summed E-state index contributed by atoms with van der Waals surface area (Å²) in [6, 6.07) is 20.1. The summed E-state index contributed by atoms with van der Waals surface area (Å²) in [5.74, 6) is 0.229. The van der Waals surface area contributed by atoms with Crippen LogP contribution in [0.4, 0.5) is 5.69 Å². The number of aryl methyl sites for hydroxylation is 1. The quantitative estimate of drug-likeness (QED) is 0.276. The molecule has 2 aromatic carbocycles. The van der Waals surface area contributed by atoms with Crippen LogP contribution in [0.25, 0.3) is 16.6 Å². The zero-order valence-corrected chi connectivity index (χ0v) is 20.7. The zero-order chi connectivity index (χ0) is 24.8. The van der Waals surface area contributed by atoms with Crippen LogP contribution in [0, 0.1) is 13.8 Å². The van der Waals surface area contributed by atoms with Gasteiger partial charge >= 0.3 is 0 Å². The first kappa shape index (κ1) is 24.0. The Morgan fingerprint density at radius 1 is 1.09 bits per heavy atom. The fraction of sp³-hybridized carbons (Fsp3) is 0.250. The van der Waals surface area contributed by atoms with Gasteiger partial charge in [0.05, 0.1) is 6.21 Å². The van der Waals surface area contributed by atoms with Crippen molar-refractivity contribution in [3.05, 3.63) is 83.8 Å². The number of hydrazone groups is 1. The molecule has 35 heavy (non-hydrogen) atoms. The normalized spacial score (nSPS) is 11.2. The molecule has 2 heterocycles. The molecule has 7 nitrogen and oxygen atoms in total. The lowest BCUT2D eigenvalue weighted by atomic mass is 10.2. The molecule has 4 rings (SSSR count). The number of hydrogen-bond acceptors (Lipinski definition) is 5. The Labute approximate surface area is 206 Å². The Morgan fingerprint density at radius 2 is 1.83 bits per heavy atom. The lowest BCUT2D eigenvalue weighted by Gasteiger charge is -2.21. The summed E-state index contributed by atoms with van der Waals surface area (Å²) in [4.78, 5) is 18.9. The molecular formula is C28H31N5O2. The lowest BCUT2D eigenvalue weighted by molar-refractivity contribution is -0.123. The number of anilines is 1. The molecule has 2 aromatic heterocycles. The summed E-state index contributed by atoms with van der Waals surface area (Å²) in [5, 5.41) is 5.10. The predicted molar refractivity (Wildman–Crippen MR) is 142 cm³/mol. The highest BCUT2D eigenvalue weighted by Crippen LogP contribution is 2.24. The Bertz CT molecular complexity index is 1330. The van der Waals surface area contributed by atoms with E-state index >= 15 is 0 Å². The summed E-state index contributed by atoms with van der Waals surface area (Å²) >= 11 is 0. The van der Waals surface area contributed by atoms with Crippen molar-refractivity contribution in [2.75, 3.05) is 24.6 Å². The second-order valence-corrected chi connectivity index (χ2v) is 8.26. The second kappa shape index (κ2) is 10.9. The molecule has 4 aromatic rings. The fourth-order valence-electron chi connectivity index (χ4n) is 4.26. The van der Waals surface area contributed by atoms with Gasteiger partial charge in [-0.1, -0.05) is 18.2 Å². The number of rotatable bonds is 9. The van der Waals surface area contributed by atoms with E-state index in [0.717, 1.165) is 46.6 Å². The number of aromatic nitrogens is 2. The molecule has 0 aliphatic carbocycles. The van der Waals surface area contributed by atoms with Crippen LogP contribution in [0.15, 0.2) is 72.0 Å². The van der Waals surface area contributed by atoms with Gasteiger partial charge in [0.25, 0.3) is 5.91 Å². The Hall–Kier alpha value is -4.13. The number of hydrogen-bond donors (Lipinski definition) is 1. The summed E-state index contributed by atoms with van der Waals surface area (Å²) in [6.45, 7) is 10.2. The van der Waals surface area contributed by atoms with Crippen molar-refractivity contribution in [2.45, 2.75) is 27.7 Å². The van der Waals surface area contributed by atoms with Crippen LogP contribution in [0.2, 0.25) is 0 Å². The van der Waals surface area contributed by atoms with Gasteiger partial charge in [0.15, 0.2) is 6.61 Å². The lowest BCUT2D eigenvalue weighted by Crippen LogP contribution is -2.24. The third-order valence-electron chi connectivity index (χ3n) is 6.05. The van der Waals surface area contributed by atoms with Gasteiger partial charge in [-0.2, -0.15) is 5.10 Å². The number of nitrogens with one attached hydrogen (secondary N) is 1. The van der Waals surface area contributed by atoms with E-state index in [-0.39, 0.29) is 12.5 Å². The van der Waals surface area contributed by atoms with Gasteiger partial charge < -0.3 is 14.2 Å². The molecule has 0 atom stereocenters. The third-order valence-corrected chi connectivity index (χ3v) is 6.05. The molecule has 1 amide bonds. The maximum atomic E-state index is 12.3. The Morgan fingerprint density at radius 3 is 2.57 bits per heavy atom. The number of benzene rings is 2. The molecule has 0 spiro atoms.